The van der Waals surface area contributed by atoms with E-state index in [9.17, 15) is 18.0 Å². The molecule has 1 fully saturated rings. The number of hydrogen-bond donors (Lipinski definition) is 2. The Morgan fingerprint density at radius 1 is 1.40 bits per heavy atom. The van der Waals surface area contributed by atoms with Gasteiger partial charge in [0.15, 0.2) is 5.69 Å². The molecule has 1 amide bonds. The molecule has 3 rings (SSSR count). The zero-order chi connectivity index (χ0) is 18.0. The van der Waals surface area contributed by atoms with Gasteiger partial charge in [0.1, 0.15) is 0 Å². The molecular formula is C16H18F3N5O. The van der Waals surface area contributed by atoms with E-state index in [-0.39, 0.29) is 23.5 Å². The molecule has 1 aromatic heterocycles. The third-order valence-corrected chi connectivity index (χ3v) is 4.24. The number of piperidine rings is 1. The number of alkyl halides is 3. The zero-order valence-electron chi connectivity index (χ0n) is 13.5. The lowest BCUT2D eigenvalue weighted by atomic mass is 10.00. The average Bonchev–Trinajstić information content (AvgIpc) is 3.06. The number of halogens is 3. The molecule has 2 heterocycles. The van der Waals surface area contributed by atoms with Crippen molar-refractivity contribution in [2.24, 2.45) is 0 Å². The van der Waals surface area contributed by atoms with Crippen LogP contribution in [0.2, 0.25) is 0 Å². The van der Waals surface area contributed by atoms with Crippen LogP contribution in [0.1, 0.15) is 35.8 Å². The topological polar surface area (TPSA) is 71.8 Å². The fourth-order valence-corrected chi connectivity index (χ4v) is 2.80. The molecule has 1 aliphatic rings. The summed E-state index contributed by atoms with van der Waals surface area (Å²) in [4.78, 5) is 12.3. The van der Waals surface area contributed by atoms with E-state index in [0.29, 0.717) is 0 Å². The van der Waals surface area contributed by atoms with Gasteiger partial charge in [0.05, 0.1) is 17.4 Å². The van der Waals surface area contributed by atoms with Crippen molar-refractivity contribution in [1.82, 2.24) is 25.6 Å². The average molecular weight is 353 g/mol. The van der Waals surface area contributed by atoms with Gasteiger partial charge in [-0.15, -0.1) is 5.10 Å². The summed E-state index contributed by atoms with van der Waals surface area (Å²) in [6, 6.07) is 4.83. The number of carbonyl (C=O) groups excluding carboxylic acids is 1. The normalized spacial score (nSPS) is 21.1. The maximum absolute atomic E-state index is 12.8. The number of aromatic nitrogens is 3. The third-order valence-electron chi connectivity index (χ3n) is 4.24. The fourth-order valence-electron chi connectivity index (χ4n) is 2.80. The second kappa shape index (κ2) is 6.83. The van der Waals surface area contributed by atoms with Gasteiger partial charge < -0.3 is 10.6 Å². The first-order valence-corrected chi connectivity index (χ1v) is 7.99. The van der Waals surface area contributed by atoms with E-state index in [1.807, 2.05) is 6.92 Å². The molecule has 134 valence electrons. The third kappa shape index (κ3) is 3.98. The van der Waals surface area contributed by atoms with E-state index in [1.165, 1.54) is 18.3 Å². The molecule has 2 N–H and O–H groups in total. The molecule has 0 saturated carbocycles. The molecule has 2 aromatic rings. The minimum absolute atomic E-state index is 0.0139. The summed E-state index contributed by atoms with van der Waals surface area (Å²) in [6.07, 6.45) is -1.29. The Morgan fingerprint density at radius 3 is 2.92 bits per heavy atom. The van der Waals surface area contributed by atoms with Crippen LogP contribution in [0.4, 0.5) is 13.2 Å². The molecule has 2 atom stereocenters. The molecule has 6 nitrogen and oxygen atoms in total. The molecule has 0 bridgehead atoms. The van der Waals surface area contributed by atoms with Gasteiger partial charge in [-0.25, -0.2) is 4.68 Å². The van der Waals surface area contributed by atoms with Gasteiger partial charge in [0.25, 0.3) is 5.91 Å². The van der Waals surface area contributed by atoms with E-state index in [1.54, 1.807) is 0 Å². The van der Waals surface area contributed by atoms with Crippen LogP contribution in [-0.2, 0) is 6.18 Å². The van der Waals surface area contributed by atoms with Crippen molar-refractivity contribution in [3.8, 4) is 5.69 Å². The summed E-state index contributed by atoms with van der Waals surface area (Å²) in [6.45, 7) is 2.91. The molecule has 25 heavy (non-hydrogen) atoms. The molecule has 2 unspecified atom stereocenters. The summed E-state index contributed by atoms with van der Waals surface area (Å²) < 4.78 is 39.6. The van der Waals surface area contributed by atoms with Crippen LogP contribution in [-0.4, -0.2) is 39.5 Å². The second-order valence-corrected chi connectivity index (χ2v) is 6.06. The van der Waals surface area contributed by atoms with Gasteiger partial charge in [-0.2, -0.15) is 13.2 Å². The van der Waals surface area contributed by atoms with Crippen LogP contribution in [0, 0.1) is 0 Å². The van der Waals surface area contributed by atoms with Gasteiger partial charge in [0.2, 0.25) is 0 Å². The van der Waals surface area contributed by atoms with E-state index < -0.39 is 17.6 Å². The lowest BCUT2D eigenvalue weighted by Crippen LogP contribution is -2.51. The van der Waals surface area contributed by atoms with Crippen LogP contribution >= 0.6 is 0 Å². The molecule has 0 spiro atoms. The summed E-state index contributed by atoms with van der Waals surface area (Å²) >= 11 is 0. The first-order chi connectivity index (χ1) is 11.8. The maximum atomic E-state index is 12.8. The van der Waals surface area contributed by atoms with E-state index in [0.717, 1.165) is 36.2 Å². The lowest BCUT2D eigenvalue weighted by Gasteiger charge is -2.30. The number of nitrogens with zero attached hydrogens (tertiary/aromatic N) is 3. The number of carbonyl (C=O) groups is 1. The minimum atomic E-state index is -4.44. The summed E-state index contributed by atoms with van der Waals surface area (Å²) in [5, 5.41) is 13.7. The van der Waals surface area contributed by atoms with Crippen molar-refractivity contribution in [3.63, 3.8) is 0 Å². The Kier molecular flexibility index (Phi) is 4.76. The van der Waals surface area contributed by atoms with Gasteiger partial charge in [-0.05, 0) is 44.5 Å². The minimum Gasteiger partial charge on any atom is -0.346 e. The number of rotatable bonds is 3. The van der Waals surface area contributed by atoms with Crippen molar-refractivity contribution >= 4 is 5.91 Å². The SMILES string of the molecule is CC1NCCCC1NC(=O)c1cn(-c2cccc(C(F)(F)F)c2)nn1. The number of hydrogen-bond acceptors (Lipinski definition) is 4. The summed E-state index contributed by atoms with van der Waals surface area (Å²) in [5.74, 6) is -0.390. The van der Waals surface area contributed by atoms with Crippen molar-refractivity contribution in [1.29, 1.82) is 0 Å². The summed E-state index contributed by atoms with van der Waals surface area (Å²) in [7, 11) is 0. The Hall–Kier alpha value is -2.42. The van der Waals surface area contributed by atoms with Gasteiger partial charge >= 0.3 is 6.18 Å². The van der Waals surface area contributed by atoms with Crippen LogP contribution in [0.15, 0.2) is 30.5 Å². The number of amides is 1. The Balaban J connectivity index is 1.75. The molecule has 0 radical (unpaired) electrons. The molecule has 1 saturated heterocycles. The van der Waals surface area contributed by atoms with Crippen molar-refractivity contribution in [3.05, 3.63) is 41.7 Å². The molecule has 0 aliphatic carbocycles. The Labute approximate surface area is 142 Å². The lowest BCUT2D eigenvalue weighted by molar-refractivity contribution is -0.137. The molecule has 9 heteroatoms. The Bertz CT molecular complexity index is 758. The van der Waals surface area contributed by atoms with Crippen molar-refractivity contribution in [2.75, 3.05) is 6.54 Å². The summed E-state index contributed by atoms with van der Waals surface area (Å²) in [5.41, 5.74) is -0.530. The first-order valence-electron chi connectivity index (χ1n) is 7.99. The van der Waals surface area contributed by atoms with Crippen molar-refractivity contribution in [2.45, 2.75) is 38.0 Å². The quantitative estimate of drug-likeness (QED) is 0.887. The van der Waals surface area contributed by atoms with Crippen LogP contribution in [0.25, 0.3) is 5.69 Å². The monoisotopic (exact) mass is 353 g/mol. The van der Waals surface area contributed by atoms with Gasteiger partial charge in [-0.1, -0.05) is 11.3 Å². The standard InChI is InChI=1S/C16H18F3N5O/c1-10-13(6-3-7-20-10)21-15(25)14-9-24(23-22-14)12-5-2-4-11(8-12)16(17,18)19/h2,4-5,8-10,13,20H,3,6-7H2,1H3,(H,21,25). The number of benzene rings is 1. The predicted molar refractivity (Wildman–Crippen MR) is 84.3 cm³/mol. The van der Waals surface area contributed by atoms with Gasteiger partial charge in [-0.3, -0.25) is 4.79 Å². The van der Waals surface area contributed by atoms with Crippen LogP contribution in [0.5, 0.6) is 0 Å². The molecule has 1 aliphatic heterocycles. The van der Waals surface area contributed by atoms with Crippen LogP contribution < -0.4 is 10.6 Å². The van der Waals surface area contributed by atoms with E-state index in [2.05, 4.69) is 20.9 Å². The largest absolute Gasteiger partial charge is 0.416 e. The number of nitrogens with one attached hydrogen (secondary N) is 2. The fraction of sp³-hybridized carbons (Fsp3) is 0.438. The second-order valence-electron chi connectivity index (χ2n) is 6.06. The molecular weight excluding hydrogens is 335 g/mol. The highest BCUT2D eigenvalue weighted by atomic mass is 19.4. The zero-order valence-corrected chi connectivity index (χ0v) is 13.5. The highest BCUT2D eigenvalue weighted by Crippen LogP contribution is 2.30. The first kappa shape index (κ1) is 17.4. The van der Waals surface area contributed by atoms with Gasteiger partial charge in [0, 0.05) is 12.1 Å². The smallest absolute Gasteiger partial charge is 0.346 e. The highest BCUT2D eigenvalue weighted by molar-refractivity contribution is 5.92. The molecule has 1 aromatic carbocycles. The van der Waals surface area contributed by atoms with Crippen LogP contribution in [0.3, 0.4) is 0 Å². The van der Waals surface area contributed by atoms with Crippen molar-refractivity contribution < 1.29 is 18.0 Å². The maximum Gasteiger partial charge on any atom is 0.416 e. The van der Waals surface area contributed by atoms with E-state index >= 15 is 0 Å². The Morgan fingerprint density at radius 2 is 2.20 bits per heavy atom. The van der Waals surface area contributed by atoms with E-state index in [4.69, 9.17) is 0 Å². The predicted octanol–water partition coefficient (Wildman–Crippen LogP) is 2.16. The highest BCUT2D eigenvalue weighted by Gasteiger charge is 2.30.